The average molecular weight is 293 g/mol. The van der Waals surface area contributed by atoms with Gasteiger partial charge in [0.1, 0.15) is 25.7 Å². The molecular weight excluding hydrogens is 279 g/mol. The lowest BCUT2D eigenvalue weighted by Crippen LogP contribution is -2.33. The van der Waals surface area contributed by atoms with Gasteiger partial charge in [0.05, 0.1) is 6.10 Å². The van der Waals surface area contributed by atoms with Crippen molar-refractivity contribution in [1.29, 1.82) is 0 Å². The van der Waals surface area contributed by atoms with Crippen molar-refractivity contribution in [3.8, 4) is 0 Å². The number of ether oxygens (including phenoxy) is 2. The van der Waals surface area contributed by atoms with Crippen molar-refractivity contribution in [3.63, 3.8) is 0 Å². The molecule has 0 spiro atoms. The molecule has 0 aromatic rings. The minimum atomic E-state index is -2.74. The molecule has 0 aliphatic carbocycles. The van der Waals surface area contributed by atoms with Gasteiger partial charge in [-0.2, -0.15) is 0 Å². The van der Waals surface area contributed by atoms with E-state index in [0.717, 1.165) is 0 Å². The van der Waals surface area contributed by atoms with Gasteiger partial charge in [-0.1, -0.05) is 5.11 Å². The van der Waals surface area contributed by atoms with Crippen LogP contribution in [0.2, 0.25) is 0 Å². The van der Waals surface area contributed by atoms with Crippen LogP contribution in [0.25, 0.3) is 10.4 Å². The second kappa shape index (κ2) is 8.00. The number of azide groups is 1. The number of amides is 1. The maximum atomic E-state index is 10.9. The molecular formula is C8H14N4O6P+. The number of nitrogens with zero attached hydrogens (tertiary/aromatic N) is 3. The van der Waals surface area contributed by atoms with Crippen LogP contribution in [-0.2, 0) is 23.4 Å². The van der Waals surface area contributed by atoms with Crippen LogP contribution in [0.5, 0.6) is 0 Å². The number of rotatable bonds is 7. The summed E-state index contributed by atoms with van der Waals surface area (Å²) < 4.78 is 25.7. The van der Waals surface area contributed by atoms with Gasteiger partial charge in [-0.15, -0.1) is 9.42 Å². The van der Waals surface area contributed by atoms with E-state index < -0.39 is 26.7 Å². The molecule has 1 amide bonds. The SMILES string of the molecule is CC(=O)N[C@H]1CC(OCN=[N+]=[N-])[C@@H](CO[P+](=O)O)O1. The standard InChI is InChI=1S/C8H13N4O6P/c1-5(13)11-8-2-6(16-4-10-12-9)7(18-8)3-17-19(14)15/h6-8H,2-4H2,1H3,(H-,11,13,14,15)/p+1/t6?,7-,8-/m1/s1. The van der Waals surface area contributed by atoms with Crippen molar-refractivity contribution in [2.75, 3.05) is 13.3 Å². The monoisotopic (exact) mass is 293 g/mol. The largest absolute Gasteiger partial charge is 0.694 e. The predicted octanol–water partition coefficient (Wildman–Crippen LogP) is 0.557. The molecule has 0 aromatic heterocycles. The fourth-order valence-corrected chi connectivity index (χ4v) is 1.93. The molecule has 19 heavy (non-hydrogen) atoms. The Morgan fingerprint density at radius 1 is 1.74 bits per heavy atom. The minimum absolute atomic E-state index is 0.164. The third-order valence-electron chi connectivity index (χ3n) is 2.32. The maximum Gasteiger partial charge on any atom is 0.694 e. The Bertz CT molecular complexity index is 373. The van der Waals surface area contributed by atoms with Crippen LogP contribution in [0.1, 0.15) is 13.3 Å². The summed E-state index contributed by atoms with van der Waals surface area (Å²) in [5.74, 6) is -0.270. The van der Waals surface area contributed by atoms with Crippen LogP contribution in [0.4, 0.5) is 0 Å². The van der Waals surface area contributed by atoms with Gasteiger partial charge in [0, 0.05) is 22.8 Å². The van der Waals surface area contributed by atoms with Crippen LogP contribution in [-0.4, -0.2) is 42.6 Å². The lowest BCUT2D eigenvalue weighted by Gasteiger charge is -2.14. The quantitative estimate of drug-likeness (QED) is 0.304. The molecule has 1 rings (SSSR count). The molecule has 4 atom stereocenters. The van der Waals surface area contributed by atoms with Gasteiger partial charge in [-0.25, -0.2) is 0 Å². The molecule has 1 saturated heterocycles. The average Bonchev–Trinajstić information content (AvgIpc) is 2.68. The highest BCUT2D eigenvalue weighted by molar-refractivity contribution is 7.32. The molecule has 0 radical (unpaired) electrons. The van der Waals surface area contributed by atoms with Gasteiger partial charge in [-0.3, -0.25) is 4.79 Å². The Kier molecular flexibility index (Phi) is 6.65. The van der Waals surface area contributed by atoms with E-state index in [1.54, 1.807) is 0 Å². The topological polar surface area (TPSA) is 143 Å². The Balaban J connectivity index is 2.52. The van der Waals surface area contributed by atoms with Gasteiger partial charge < -0.3 is 14.8 Å². The fraction of sp³-hybridized carbons (Fsp3) is 0.875. The summed E-state index contributed by atoms with van der Waals surface area (Å²) in [4.78, 5) is 22.0. The molecule has 1 fully saturated rings. The Morgan fingerprint density at radius 2 is 2.47 bits per heavy atom. The Labute approximate surface area is 109 Å². The molecule has 10 nitrogen and oxygen atoms in total. The lowest BCUT2D eigenvalue weighted by molar-refractivity contribution is -0.123. The highest BCUT2D eigenvalue weighted by Gasteiger charge is 2.38. The number of nitrogens with one attached hydrogen (secondary N) is 1. The summed E-state index contributed by atoms with van der Waals surface area (Å²) >= 11 is 0. The highest BCUT2D eigenvalue weighted by atomic mass is 31.1. The molecule has 1 aliphatic rings. The highest BCUT2D eigenvalue weighted by Crippen LogP contribution is 2.25. The first-order valence-corrected chi connectivity index (χ1v) is 6.50. The second-order valence-electron chi connectivity index (χ2n) is 3.70. The van der Waals surface area contributed by atoms with E-state index in [1.165, 1.54) is 6.92 Å². The van der Waals surface area contributed by atoms with Crippen molar-refractivity contribution in [2.24, 2.45) is 5.11 Å². The van der Waals surface area contributed by atoms with Crippen molar-refractivity contribution in [3.05, 3.63) is 10.4 Å². The summed E-state index contributed by atoms with van der Waals surface area (Å²) in [6.45, 7) is 0.982. The minimum Gasteiger partial charge on any atom is -0.369 e. The molecule has 0 saturated carbocycles. The number of carbonyl (C=O) groups excluding carboxylic acids is 1. The Hall–Kier alpha value is -1.28. The molecule has 0 bridgehead atoms. The molecule has 2 N–H and O–H groups in total. The summed E-state index contributed by atoms with van der Waals surface area (Å²) in [6, 6.07) is 0. The van der Waals surface area contributed by atoms with E-state index in [9.17, 15) is 9.36 Å². The van der Waals surface area contributed by atoms with Crippen LogP contribution in [0.3, 0.4) is 0 Å². The summed E-state index contributed by atoms with van der Waals surface area (Å²) in [6.07, 6.45) is -1.37. The van der Waals surface area contributed by atoms with Gasteiger partial charge >= 0.3 is 8.25 Å². The van der Waals surface area contributed by atoms with Gasteiger partial charge in [-0.05, 0) is 5.53 Å². The first-order valence-electron chi connectivity index (χ1n) is 5.37. The molecule has 1 aliphatic heterocycles. The second-order valence-corrected chi connectivity index (χ2v) is 4.43. The third kappa shape index (κ3) is 5.93. The first-order chi connectivity index (χ1) is 9.02. The predicted molar refractivity (Wildman–Crippen MR) is 61.8 cm³/mol. The molecule has 1 heterocycles. The molecule has 0 aromatic carbocycles. The molecule has 11 heteroatoms. The zero-order valence-electron chi connectivity index (χ0n) is 10.1. The number of hydrogen-bond donors (Lipinski definition) is 2. The van der Waals surface area contributed by atoms with E-state index in [1.807, 2.05) is 0 Å². The van der Waals surface area contributed by atoms with Gasteiger partial charge in [0.25, 0.3) is 0 Å². The van der Waals surface area contributed by atoms with Crippen molar-refractivity contribution in [2.45, 2.75) is 31.8 Å². The summed E-state index contributed by atoms with van der Waals surface area (Å²) in [5.41, 5.74) is 8.15. The lowest BCUT2D eigenvalue weighted by atomic mass is 10.2. The number of carbonyl (C=O) groups is 1. The van der Waals surface area contributed by atoms with Gasteiger partial charge in [0.15, 0.2) is 0 Å². The number of hydrogen-bond acceptors (Lipinski definition) is 6. The molecule has 2 unspecified atom stereocenters. The normalized spacial score (nSPS) is 26.6. The zero-order valence-corrected chi connectivity index (χ0v) is 11.0. The fourth-order valence-electron chi connectivity index (χ4n) is 1.65. The maximum absolute atomic E-state index is 10.9. The van der Waals surface area contributed by atoms with Crippen LogP contribution < -0.4 is 5.32 Å². The van der Waals surface area contributed by atoms with Crippen LogP contribution in [0.15, 0.2) is 5.11 Å². The van der Waals surface area contributed by atoms with Crippen LogP contribution >= 0.6 is 8.25 Å². The Morgan fingerprint density at radius 3 is 3.05 bits per heavy atom. The summed E-state index contributed by atoms with van der Waals surface area (Å²) in [5, 5.41) is 5.76. The van der Waals surface area contributed by atoms with Crippen molar-refractivity contribution in [1.82, 2.24) is 5.32 Å². The van der Waals surface area contributed by atoms with E-state index in [0.29, 0.717) is 6.42 Å². The zero-order chi connectivity index (χ0) is 14.3. The molecule has 106 valence electrons. The van der Waals surface area contributed by atoms with E-state index in [-0.39, 0.29) is 19.2 Å². The van der Waals surface area contributed by atoms with Gasteiger partial charge in [0.2, 0.25) is 5.91 Å². The van der Waals surface area contributed by atoms with Crippen molar-refractivity contribution >= 4 is 14.2 Å². The van der Waals surface area contributed by atoms with Crippen molar-refractivity contribution < 1.29 is 28.3 Å². The van der Waals surface area contributed by atoms with E-state index in [4.69, 9.17) is 19.9 Å². The van der Waals surface area contributed by atoms with Crippen LogP contribution in [0, 0.1) is 0 Å². The van der Waals surface area contributed by atoms with E-state index in [2.05, 4.69) is 19.9 Å². The smallest absolute Gasteiger partial charge is 0.369 e. The summed E-state index contributed by atoms with van der Waals surface area (Å²) in [7, 11) is -2.74. The third-order valence-corrected chi connectivity index (χ3v) is 2.69. The van der Waals surface area contributed by atoms with E-state index >= 15 is 0 Å². The first kappa shape index (κ1) is 15.8.